The van der Waals surface area contributed by atoms with Crippen LogP contribution in [0.15, 0.2) is 54.6 Å². The summed E-state index contributed by atoms with van der Waals surface area (Å²) in [6.45, 7) is 5.58. The molecule has 0 aromatic heterocycles. The van der Waals surface area contributed by atoms with E-state index in [1.807, 2.05) is 69.3 Å². The number of benzene rings is 2. The van der Waals surface area contributed by atoms with Gasteiger partial charge >= 0.3 is 5.97 Å². The third-order valence-corrected chi connectivity index (χ3v) is 2.60. The fourth-order valence-electron chi connectivity index (χ4n) is 1.78. The summed E-state index contributed by atoms with van der Waals surface area (Å²) >= 11 is 0. The highest BCUT2D eigenvalue weighted by Gasteiger charge is 2.20. The van der Waals surface area contributed by atoms with E-state index < -0.39 is 5.60 Å². The molecule has 0 heterocycles. The fourth-order valence-corrected chi connectivity index (χ4v) is 1.78. The summed E-state index contributed by atoms with van der Waals surface area (Å²) in [4.78, 5) is 12.2. The normalized spacial score (nSPS) is 10.9. The molecule has 0 amide bonds. The molecule has 0 spiro atoms. The highest BCUT2D eigenvalue weighted by molar-refractivity contribution is 5.96. The number of anilines is 2. The minimum absolute atomic E-state index is 0.323. The number of hydrogen-bond acceptors (Lipinski definition) is 3. The van der Waals surface area contributed by atoms with Crippen LogP contribution < -0.4 is 5.32 Å². The quantitative estimate of drug-likeness (QED) is 0.840. The standard InChI is InChI=1S/C17H19NO2/c1-17(2,3)20-16(19)14-11-7-8-12-15(14)18-13-9-5-4-6-10-13/h4-12,18H,1-3H3. The Balaban J connectivity index is 2.25. The molecule has 20 heavy (non-hydrogen) atoms. The summed E-state index contributed by atoms with van der Waals surface area (Å²) in [6, 6.07) is 17.1. The van der Waals surface area contributed by atoms with Crippen molar-refractivity contribution in [1.29, 1.82) is 0 Å². The van der Waals surface area contributed by atoms with Crippen LogP contribution in [0, 0.1) is 0 Å². The van der Waals surface area contributed by atoms with Crippen LogP contribution in [0.2, 0.25) is 0 Å². The van der Waals surface area contributed by atoms with E-state index in [9.17, 15) is 4.79 Å². The molecule has 2 aromatic carbocycles. The Morgan fingerprint density at radius 3 is 2.20 bits per heavy atom. The predicted octanol–water partition coefficient (Wildman–Crippen LogP) is 4.39. The van der Waals surface area contributed by atoms with Crippen LogP contribution in [0.4, 0.5) is 11.4 Å². The van der Waals surface area contributed by atoms with Gasteiger partial charge < -0.3 is 10.1 Å². The van der Waals surface area contributed by atoms with Gasteiger partial charge in [-0.1, -0.05) is 30.3 Å². The Bertz CT molecular complexity index is 585. The van der Waals surface area contributed by atoms with E-state index in [0.717, 1.165) is 11.4 Å². The van der Waals surface area contributed by atoms with E-state index in [2.05, 4.69) is 5.32 Å². The lowest BCUT2D eigenvalue weighted by molar-refractivity contribution is 0.00708. The van der Waals surface area contributed by atoms with Crippen LogP contribution in [0.25, 0.3) is 0 Å². The molecular weight excluding hydrogens is 250 g/mol. The van der Waals surface area contributed by atoms with Gasteiger partial charge in [-0.3, -0.25) is 0 Å². The molecule has 3 heteroatoms. The maximum atomic E-state index is 12.2. The van der Waals surface area contributed by atoms with E-state index in [0.29, 0.717) is 5.56 Å². The molecule has 0 atom stereocenters. The molecule has 0 bridgehead atoms. The second-order valence-corrected chi connectivity index (χ2v) is 5.54. The van der Waals surface area contributed by atoms with Crippen molar-refractivity contribution in [2.24, 2.45) is 0 Å². The zero-order valence-corrected chi connectivity index (χ0v) is 12.0. The Morgan fingerprint density at radius 2 is 1.55 bits per heavy atom. The molecule has 3 nitrogen and oxygen atoms in total. The highest BCUT2D eigenvalue weighted by Crippen LogP contribution is 2.23. The van der Waals surface area contributed by atoms with E-state index in [1.165, 1.54) is 0 Å². The number of esters is 1. The first kappa shape index (κ1) is 14.1. The van der Waals surface area contributed by atoms with Gasteiger partial charge in [0.2, 0.25) is 0 Å². The smallest absolute Gasteiger partial charge is 0.340 e. The zero-order valence-electron chi connectivity index (χ0n) is 12.0. The van der Waals surface area contributed by atoms with Crippen molar-refractivity contribution in [3.8, 4) is 0 Å². The summed E-state index contributed by atoms with van der Waals surface area (Å²) < 4.78 is 5.42. The van der Waals surface area contributed by atoms with Gasteiger partial charge in [0.1, 0.15) is 5.60 Å². The Labute approximate surface area is 119 Å². The SMILES string of the molecule is CC(C)(C)OC(=O)c1ccccc1Nc1ccccc1. The fraction of sp³-hybridized carbons (Fsp3) is 0.235. The topological polar surface area (TPSA) is 38.3 Å². The van der Waals surface area contributed by atoms with Crippen molar-refractivity contribution in [3.63, 3.8) is 0 Å². The monoisotopic (exact) mass is 269 g/mol. The molecule has 0 saturated carbocycles. The van der Waals surface area contributed by atoms with Crippen molar-refractivity contribution in [1.82, 2.24) is 0 Å². The summed E-state index contributed by atoms with van der Waals surface area (Å²) in [5.41, 5.74) is 1.71. The van der Waals surface area contributed by atoms with Crippen molar-refractivity contribution < 1.29 is 9.53 Å². The summed E-state index contributed by atoms with van der Waals surface area (Å²) in [5.74, 6) is -0.323. The molecule has 0 aliphatic carbocycles. The molecule has 0 aliphatic heterocycles. The molecule has 0 fully saturated rings. The molecule has 2 aromatic rings. The number of rotatable bonds is 3. The van der Waals surface area contributed by atoms with Gasteiger partial charge in [-0.25, -0.2) is 4.79 Å². The average Bonchev–Trinajstić information content (AvgIpc) is 2.38. The lowest BCUT2D eigenvalue weighted by atomic mass is 10.1. The number of hydrogen-bond donors (Lipinski definition) is 1. The first-order valence-electron chi connectivity index (χ1n) is 6.60. The number of para-hydroxylation sites is 2. The minimum Gasteiger partial charge on any atom is -0.456 e. The van der Waals surface area contributed by atoms with Gasteiger partial charge in [0.15, 0.2) is 0 Å². The summed E-state index contributed by atoms with van der Waals surface area (Å²) in [6.07, 6.45) is 0. The maximum absolute atomic E-state index is 12.2. The van der Waals surface area contributed by atoms with E-state index >= 15 is 0 Å². The van der Waals surface area contributed by atoms with Crippen LogP contribution >= 0.6 is 0 Å². The number of carbonyl (C=O) groups excluding carboxylic acids is 1. The number of nitrogens with one attached hydrogen (secondary N) is 1. The third kappa shape index (κ3) is 3.85. The predicted molar refractivity (Wildman–Crippen MR) is 81.3 cm³/mol. The molecule has 0 saturated heterocycles. The van der Waals surface area contributed by atoms with E-state index in [1.54, 1.807) is 6.07 Å². The maximum Gasteiger partial charge on any atom is 0.340 e. The van der Waals surface area contributed by atoms with E-state index in [4.69, 9.17) is 4.74 Å². The van der Waals surface area contributed by atoms with Gasteiger partial charge in [0.25, 0.3) is 0 Å². The summed E-state index contributed by atoms with van der Waals surface area (Å²) in [5, 5.41) is 3.24. The molecule has 1 N–H and O–H groups in total. The average molecular weight is 269 g/mol. The van der Waals surface area contributed by atoms with Crippen LogP contribution in [-0.2, 0) is 4.74 Å². The first-order valence-corrected chi connectivity index (χ1v) is 6.60. The Morgan fingerprint density at radius 1 is 0.950 bits per heavy atom. The van der Waals surface area contributed by atoms with Crippen LogP contribution in [0.1, 0.15) is 31.1 Å². The molecule has 0 unspecified atom stereocenters. The van der Waals surface area contributed by atoms with Crippen molar-refractivity contribution in [2.45, 2.75) is 26.4 Å². The van der Waals surface area contributed by atoms with Crippen LogP contribution in [0.5, 0.6) is 0 Å². The van der Waals surface area contributed by atoms with Gasteiger partial charge in [-0.15, -0.1) is 0 Å². The number of ether oxygens (including phenoxy) is 1. The molecule has 2 rings (SSSR count). The van der Waals surface area contributed by atoms with Crippen molar-refractivity contribution in [3.05, 3.63) is 60.2 Å². The lowest BCUT2D eigenvalue weighted by Gasteiger charge is -2.20. The van der Waals surface area contributed by atoms with Gasteiger partial charge in [-0.2, -0.15) is 0 Å². The Kier molecular flexibility index (Phi) is 4.08. The van der Waals surface area contributed by atoms with Crippen LogP contribution in [0.3, 0.4) is 0 Å². The minimum atomic E-state index is -0.503. The lowest BCUT2D eigenvalue weighted by Crippen LogP contribution is -2.24. The van der Waals surface area contributed by atoms with Crippen LogP contribution in [-0.4, -0.2) is 11.6 Å². The zero-order chi connectivity index (χ0) is 14.6. The van der Waals surface area contributed by atoms with Gasteiger partial charge in [0.05, 0.1) is 11.3 Å². The molecule has 104 valence electrons. The first-order chi connectivity index (χ1) is 9.46. The second kappa shape index (κ2) is 5.78. The molecular formula is C17H19NO2. The molecule has 0 aliphatic rings. The van der Waals surface area contributed by atoms with Crippen molar-refractivity contribution >= 4 is 17.3 Å². The second-order valence-electron chi connectivity index (χ2n) is 5.54. The summed E-state index contributed by atoms with van der Waals surface area (Å²) in [7, 11) is 0. The largest absolute Gasteiger partial charge is 0.456 e. The third-order valence-electron chi connectivity index (χ3n) is 2.60. The van der Waals surface area contributed by atoms with Gasteiger partial charge in [0, 0.05) is 5.69 Å². The van der Waals surface area contributed by atoms with E-state index in [-0.39, 0.29) is 5.97 Å². The number of carbonyl (C=O) groups is 1. The highest BCUT2D eigenvalue weighted by atomic mass is 16.6. The van der Waals surface area contributed by atoms with Crippen molar-refractivity contribution in [2.75, 3.05) is 5.32 Å². The molecule has 0 radical (unpaired) electrons. The Hall–Kier alpha value is -2.29. The van der Waals surface area contributed by atoms with Gasteiger partial charge in [-0.05, 0) is 45.0 Å².